The molecule has 0 radical (unpaired) electrons. The van der Waals surface area contributed by atoms with E-state index >= 15 is 0 Å². The van der Waals surface area contributed by atoms with Gasteiger partial charge in [0.05, 0.1) is 18.2 Å². The molecule has 7 heteroatoms. The smallest absolute Gasteiger partial charge is 0.329 e. The molecule has 0 atom stereocenters. The van der Waals surface area contributed by atoms with Crippen LogP contribution in [0.5, 0.6) is 5.75 Å². The lowest BCUT2D eigenvalue weighted by atomic mass is 9.86. The SMILES string of the molecule is COc1ccc2c(C(=O)NC3(C(=O)O)CCN(Cc4ccccc4)CC3)ccnc2c1. The van der Waals surface area contributed by atoms with Gasteiger partial charge >= 0.3 is 5.97 Å². The Morgan fingerprint density at radius 2 is 1.87 bits per heavy atom. The molecule has 1 aliphatic rings. The van der Waals surface area contributed by atoms with Crippen molar-refractivity contribution in [3.63, 3.8) is 0 Å². The van der Waals surface area contributed by atoms with Crippen molar-refractivity contribution in [2.45, 2.75) is 24.9 Å². The number of rotatable bonds is 6. The van der Waals surface area contributed by atoms with Gasteiger partial charge in [0, 0.05) is 37.3 Å². The molecule has 3 aromatic rings. The van der Waals surface area contributed by atoms with Crippen LogP contribution in [-0.4, -0.2) is 52.6 Å². The van der Waals surface area contributed by atoms with Crippen molar-refractivity contribution in [1.82, 2.24) is 15.2 Å². The largest absolute Gasteiger partial charge is 0.497 e. The lowest BCUT2D eigenvalue weighted by Crippen LogP contribution is -2.60. The summed E-state index contributed by atoms with van der Waals surface area (Å²) >= 11 is 0. The molecule has 160 valence electrons. The Hall–Kier alpha value is -3.45. The maximum absolute atomic E-state index is 13.1. The average molecular weight is 419 g/mol. The highest BCUT2D eigenvalue weighted by Gasteiger charge is 2.43. The molecule has 1 fully saturated rings. The molecular weight excluding hydrogens is 394 g/mol. The second-order valence-electron chi connectivity index (χ2n) is 7.84. The minimum atomic E-state index is -1.29. The number of carbonyl (C=O) groups is 2. The predicted molar refractivity (Wildman–Crippen MR) is 117 cm³/mol. The van der Waals surface area contributed by atoms with Gasteiger partial charge in [-0.3, -0.25) is 14.7 Å². The van der Waals surface area contributed by atoms with Crippen LogP contribution in [0.15, 0.2) is 60.8 Å². The number of hydrogen-bond acceptors (Lipinski definition) is 5. The summed E-state index contributed by atoms with van der Waals surface area (Å²) in [6.45, 7) is 1.95. The Labute approximate surface area is 180 Å². The summed E-state index contributed by atoms with van der Waals surface area (Å²) in [5.41, 5.74) is 0.925. The minimum absolute atomic E-state index is 0.345. The van der Waals surface area contributed by atoms with Crippen LogP contribution in [0.2, 0.25) is 0 Å². The Kier molecular flexibility index (Phi) is 5.86. The number of carboxylic acid groups (broad SMARTS) is 1. The summed E-state index contributed by atoms with van der Waals surface area (Å²) in [4.78, 5) is 31.8. The standard InChI is InChI=1S/C24H25N3O4/c1-31-18-7-8-19-20(9-12-25-21(19)15-18)22(28)26-24(23(29)30)10-13-27(14-11-24)16-17-5-3-2-4-6-17/h2-9,12,15H,10-11,13-14,16H2,1H3,(H,26,28)(H,29,30). The molecule has 1 saturated heterocycles. The molecule has 1 amide bonds. The van der Waals surface area contributed by atoms with Crippen molar-refractivity contribution in [3.05, 3.63) is 71.9 Å². The molecule has 0 aliphatic carbocycles. The maximum Gasteiger partial charge on any atom is 0.329 e. The zero-order valence-electron chi connectivity index (χ0n) is 17.4. The first-order valence-corrected chi connectivity index (χ1v) is 10.3. The first kappa shape index (κ1) is 20.8. The topological polar surface area (TPSA) is 91.8 Å². The van der Waals surface area contributed by atoms with Crippen LogP contribution in [0, 0.1) is 0 Å². The molecule has 0 spiro atoms. The lowest BCUT2D eigenvalue weighted by Gasteiger charge is -2.39. The van der Waals surface area contributed by atoms with Gasteiger partial charge in [-0.15, -0.1) is 0 Å². The number of nitrogens with zero attached hydrogens (tertiary/aromatic N) is 2. The number of aromatic nitrogens is 1. The van der Waals surface area contributed by atoms with Crippen molar-refractivity contribution in [1.29, 1.82) is 0 Å². The maximum atomic E-state index is 13.1. The van der Waals surface area contributed by atoms with E-state index in [2.05, 4.69) is 27.3 Å². The summed E-state index contributed by atoms with van der Waals surface area (Å²) in [7, 11) is 1.57. The molecule has 31 heavy (non-hydrogen) atoms. The number of carbonyl (C=O) groups excluding carboxylic acids is 1. The first-order chi connectivity index (χ1) is 15.0. The summed E-state index contributed by atoms with van der Waals surface area (Å²) in [6, 6.07) is 17.0. The van der Waals surface area contributed by atoms with E-state index in [0.29, 0.717) is 48.1 Å². The molecule has 2 aromatic carbocycles. The number of aliphatic carboxylic acids is 1. The average Bonchev–Trinajstić information content (AvgIpc) is 2.80. The van der Waals surface area contributed by atoms with E-state index in [0.717, 1.165) is 6.54 Å². The van der Waals surface area contributed by atoms with E-state index in [4.69, 9.17) is 4.74 Å². The van der Waals surface area contributed by atoms with Gasteiger partial charge in [0.2, 0.25) is 0 Å². The number of methoxy groups -OCH3 is 1. The molecule has 2 heterocycles. The quantitative estimate of drug-likeness (QED) is 0.638. The van der Waals surface area contributed by atoms with Crippen LogP contribution in [-0.2, 0) is 11.3 Å². The van der Waals surface area contributed by atoms with Crippen molar-refractivity contribution >= 4 is 22.8 Å². The Morgan fingerprint density at radius 3 is 2.55 bits per heavy atom. The first-order valence-electron chi connectivity index (χ1n) is 10.3. The number of benzene rings is 2. The summed E-state index contributed by atoms with van der Waals surface area (Å²) < 4.78 is 5.22. The molecule has 4 rings (SSSR count). The number of hydrogen-bond donors (Lipinski definition) is 2. The summed E-state index contributed by atoms with van der Waals surface area (Å²) in [5.74, 6) is -0.762. The number of ether oxygens (including phenoxy) is 1. The third-order valence-corrected chi connectivity index (χ3v) is 5.92. The van der Waals surface area contributed by atoms with Crippen LogP contribution in [0.3, 0.4) is 0 Å². The number of likely N-dealkylation sites (tertiary alicyclic amines) is 1. The van der Waals surface area contributed by atoms with Crippen LogP contribution in [0.4, 0.5) is 0 Å². The Balaban J connectivity index is 1.51. The second kappa shape index (κ2) is 8.73. The van der Waals surface area contributed by atoms with Crippen molar-refractivity contribution in [3.8, 4) is 5.75 Å². The molecule has 0 bridgehead atoms. The minimum Gasteiger partial charge on any atom is -0.497 e. The number of piperidine rings is 1. The number of nitrogens with one attached hydrogen (secondary N) is 1. The van der Waals surface area contributed by atoms with Crippen molar-refractivity contribution in [2.24, 2.45) is 0 Å². The van der Waals surface area contributed by atoms with Crippen LogP contribution in [0.1, 0.15) is 28.8 Å². The number of amides is 1. The van der Waals surface area contributed by atoms with Crippen LogP contribution < -0.4 is 10.1 Å². The van der Waals surface area contributed by atoms with Gasteiger partial charge < -0.3 is 15.2 Å². The zero-order valence-corrected chi connectivity index (χ0v) is 17.4. The Morgan fingerprint density at radius 1 is 1.13 bits per heavy atom. The van der Waals surface area contributed by atoms with Gasteiger partial charge in [-0.2, -0.15) is 0 Å². The van der Waals surface area contributed by atoms with Gasteiger partial charge in [-0.05, 0) is 36.6 Å². The van der Waals surface area contributed by atoms with E-state index in [-0.39, 0.29) is 0 Å². The van der Waals surface area contributed by atoms with E-state index in [9.17, 15) is 14.7 Å². The van der Waals surface area contributed by atoms with Gasteiger partial charge in [0.25, 0.3) is 5.91 Å². The summed E-state index contributed by atoms with van der Waals surface area (Å²) in [5, 5.41) is 13.5. The number of pyridine rings is 1. The van der Waals surface area contributed by atoms with Gasteiger partial charge in [-0.25, -0.2) is 4.79 Å². The third kappa shape index (κ3) is 4.36. The van der Waals surface area contributed by atoms with Crippen molar-refractivity contribution in [2.75, 3.05) is 20.2 Å². The highest BCUT2D eigenvalue weighted by molar-refractivity contribution is 6.07. The van der Waals surface area contributed by atoms with Crippen molar-refractivity contribution < 1.29 is 19.4 Å². The summed E-state index contributed by atoms with van der Waals surface area (Å²) in [6.07, 6.45) is 2.24. The Bertz CT molecular complexity index is 1090. The zero-order chi connectivity index (χ0) is 21.8. The van der Waals surface area contributed by atoms with E-state index in [1.807, 2.05) is 18.2 Å². The fourth-order valence-electron chi connectivity index (χ4n) is 4.06. The van der Waals surface area contributed by atoms with Gasteiger partial charge in [0.1, 0.15) is 11.3 Å². The van der Waals surface area contributed by atoms with E-state index < -0.39 is 17.4 Å². The normalized spacial score (nSPS) is 16.0. The fraction of sp³-hybridized carbons (Fsp3) is 0.292. The second-order valence-corrected chi connectivity index (χ2v) is 7.84. The van der Waals surface area contributed by atoms with Crippen LogP contribution in [0.25, 0.3) is 10.9 Å². The molecular formula is C24H25N3O4. The van der Waals surface area contributed by atoms with Gasteiger partial charge in [-0.1, -0.05) is 30.3 Å². The molecule has 7 nitrogen and oxygen atoms in total. The van der Waals surface area contributed by atoms with E-state index in [1.54, 1.807) is 37.6 Å². The molecule has 0 saturated carbocycles. The number of fused-ring (bicyclic) bond motifs is 1. The molecule has 2 N–H and O–H groups in total. The lowest BCUT2D eigenvalue weighted by molar-refractivity contribution is -0.146. The molecule has 0 unspecified atom stereocenters. The highest BCUT2D eigenvalue weighted by Crippen LogP contribution is 2.27. The third-order valence-electron chi connectivity index (χ3n) is 5.92. The van der Waals surface area contributed by atoms with Gasteiger partial charge in [0.15, 0.2) is 0 Å². The number of carboxylic acids is 1. The van der Waals surface area contributed by atoms with E-state index in [1.165, 1.54) is 5.56 Å². The molecule has 1 aliphatic heterocycles. The fourth-order valence-corrected chi connectivity index (χ4v) is 4.06. The predicted octanol–water partition coefficient (Wildman–Crippen LogP) is 3.09. The monoisotopic (exact) mass is 419 g/mol. The van der Waals surface area contributed by atoms with Crippen LogP contribution >= 0.6 is 0 Å². The highest BCUT2D eigenvalue weighted by atomic mass is 16.5. The molecule has 1 aromatic heterocycles.